The molecule has 1 fully saturated rings. The molecule has 1 aromatic rings. The van der Waals surface area contributed by atoms with E-state index in [2.05, 4.69) is 10.3 Å². The van der Waals surface area contributed by atoms with Crippen molar-refractivity contribution >= 4 is 5.78 Å². The first-order valence-corrected chi connectivity index (χ1v) is 5.49. The highest BCUT2D eigenvalue weighted by Crippen LogP contribution is 2.14. The lowest BCUT2D eigenvalue weighted by Crippen LogP contribution is -2.32. The predicted octanol–water partition coefficient (Wildman–Crippen LogP) is 1.68. The van der Waals surface area contributed by atoms with Crippen molar-refractivity contribution in [3.63, 3.8) is 0 Å². The highest BCUT2D eigenvalue weighted by atomic mass is 16.1. The molecule has 80 valence electrons. The van der Waals surface area contributed by atoms with Crippen molar-refractivity contribution in [1.29, 1.82) is 0 Å². The van der Waals surface area contributed by atoms with Gasteiger partial charge in [0.05, 0.1) is 5.69 Å². The van der Waals surface area contributed by atoms with Crippen LogP contribution in [-0.4, -0.2) is 16.8 Å². The number of aromatic nitrogens is 1. The quantitative estimate of drug-likeness (QED) is 0.814. The number of rotatable bonds is 3. The highest BCUT2D eigenvalue weighted by Gasteiger charge is 2.17. The molecule has 1 aliphatic rings. The van der Waals surface area contributed by atoms with Crippen molar-refractivity contribution in [1.82, 2.24) is 10.3 Å². The van der Waals surface area contributed by atoms with Gasteiger partial charge in [0.2, 0.25) is 0 Å². The Labute approximate surface area is 89.9 Å². The third-order valence-electron chi connectivity index (χ3n) is 2.84. The van der Waals surface area contributed by atoms with Gasteiger partial charge in [0.1, 0.15) is 5.78 Å². The Balaban J connectivity index is 1.77. The first-order chi connectivity index (χ1) is 7.34. The van der Waals surface area contributed by atoms with Crippen LogP contribution in [0.5, 0.6) is 0 Å². The van der Waals surface area contributed by atoms with Crippen molar-refractivity contribution in [3.05, 3.63) is 30.1 Å². The summed E-state index contributed by atoms with van der Waals surface area (Å²) >= 11 is 0. The Kier molecular flexibility index (Phi) is 3.45. The number of ketones is 1. The number of Topliss-reactive ketones (excluding diaryl/α,β-unsaturated/α-hetero) is 1. The second-order valence-electron chi connectivity index (χ2n) is 4.01. The molecule has 0 unspecified atom stereocenters. The minimum atomic E-state index is 0.408. The predicted molar refractivity (Wildman–Crippen MR) is 58.3 cm³/mol. The van der Waals surface area contributed by atoms with Crippen molar-refractivity contribution < 1.29 is 4.79 Å². The molecule has 0 aromatic carbocycles. The van der Waals surface area contributed by atoms with Crippen LogP contribution in [-0.2, 0) is 11.3 Å². The third-order valence-corrected chi connectivity index (χ3v) is 2.84. The Hall–Kier alpha value is -1.22. The second kappa shape index (κ2) is 5.03. The van der Waals surface area contributed by atoms with Crippen LogP contribution >= 0.6 is 0 Å². The van der Waals surface area contributed by atoms with Crippen LogP contribution in [0.1, 0.15) is 31.4 Å². The van der Waals surface area contributed by atoms with Gasteiger partial charge in [0, 0.05) is 31.6 Å². The summed E-state index contributed by atoms with van der Waals surface area (Å²) in [6, 6.07) is 6.42. The van der Waals surface area contributed by atoms with Gasteiger partial charge >= 0.3 is 0 Å². The standard InChI is InChI=1S/C12H16N2O/c15-12-6-4-10(5-7-12)14-9-11-3-1-2-8-13-11/h1-3,8,10,14H,4-7,9H2. The fourth-order valence-electron chi connectivity index (χ4n) is 1.90. The van der Waals surface area contributed by atoms with E-state index in [-0.39, 0.29) is 0 Å². The number of carbonyl (C=O) groups is 1. The number of carbonyl (C=O) groups excluding carboxylic acids is 1. The van der Waals surface area contributed by atoms with Crippen molar-refractivity contribution in [2.75, 3.05) is 0 Å². The van der Waals surface area contributed by atoms with E-state index in [4.69, 9.17) is 0 Å². The van der Waals surface area contributed by atoms with Gasteiger partial charge in [-0.3, -0.25) is 9.78 Å². The van der Waals surface area contributed by atoms with E-state index in [1.165, 1.54) is 0 Å². The largest absolute Gasteiger partial charge is 0.308 e. The molecule has 0 atom stereocenters. The van der Waals surface area contributed by atoms with Crippen LogP contribution in [0.15, 0.2) is 24.4 Å². The monoisotopic (exact) mass is 204 g/mol. The minimum absolute atomic E-state index is 0.408. The van der Waals surface area contributed by atoms with Crippen LogP contribution in [0, 0.1) is 0 Å². The van der Waals surface area contributed by atoms with Crippen molar-refractivity contribution in [2.24, 2.45) is 0 Å². The van der Waals surface area contributed by atoms with Crippen LogP contribution in [0.3, 0.4) is 0 Å². The summed E-state index contributed by atoms with van der Waals surface area (Å²) in [5.41, 5.74) is 1.06. The minimum Gasteiger partial charge on any atom is -0.308 e. The van der Waals surface area contributed by atoms with Crippen LogP contribution in [0.25, 0.3) is 0 Å². The summed E-state index contributed by atoms with van der Waals surface area (Å²) in [4.78, 5) is 15.3. The number of nitrogens with one attached hydrogen (secondary N) is 1. The van der Waals surface area contributed by atoms with E-state index in [1.807, 2.05) is 18.2 Å². The zero-order chi connectivity index (χ0) is 10.5. The molecule has 0 amide bonds. The third kappa shape index (κ3) is 3.13. The molecule has 3 heteroatoms. The summed E-state index contributed by atoms with van der Waals surface area (Å²) in [6.45, 7) is 0.805. The zero-order valence-corrected chi connectivity index (χ0v) is 8.78. The Morgan fingerprint density at radius 1 is 1.33 bits per heavy atom. The van der Waals surface area contributed by atoms with Crippen LogP contribution < -0.4 is 5.32 Å². The number of hydrogen-bond donors (Lipinski definition) is 1. The van der Waals surface area contributed by atoms with Gasteiger partial charge in [-0.25, -0.2) is 0 Å². The normalized spacial score (nSPS) is 18.0. The molecule has 1 heterocycles. The molecule has 0 saturated heterocycles. The molecule has 1 aliphatic carbocycles. The summed E-state index contributed by atoms with van der Waals surface area (Å²) in [5.74, 6) is 0.408. The first kappa shape index (κ1) is 10.3. The molecule has 2 rings (SSSR count). The maximum absolute atomic E-state index is 11.0. The molecule has 1 N–H and O–H groups in total. The molecule has 0 aliphatic heterocycles. The molecular formula is C12H16N2O. The molecule has 0 bridgehead atoms. The molecular weight excluding hydrogens is 188 g/mol. The van der Waals surface area contributed by atoms with Gasteiger partial charge in [0.15, 0.2) is 0 Å². The van der Waals surface area contributed by atoms with E-state index in [0.29, 0.717) is 11.8 Å². The van der Waals surface area contributed by atoms with Crippen LogP contribution in [0.2, 0.25) is 0 Å². The first-order valence-electron chi connectivity index (χ1n) is 5.49. The van der Waals surface area contributed by atoms with E-state index in [1.54, 1.807) is 6.20 Å². The van der Waals surface area contributed by atoms with Gasteiger partial charge < -0.3 is 5.32 Å². The highest BCUT2D eigenvalue weighted by molar-refractivity contribution is 5.79. The molecule has 0 radical (unpaired) electrons. The van der Waals surface area contributed by atoms with E-state index in [0.717, 1.165) is 37.9 Å². The molecule has 1 aromatic heterocycles. The zero-order valence-electron chi connectivity index (χ0n) is 8.78. The molecule has 15 heavy (non-hydrogen) atoms. The van der Waals surface area contributed by atoms with Crippen molar-refractivity contribution in [2.45, 2.75) is 38.3 Å². The lowest BCUT2D eigenvalue weighted by Gasteiger charge is -2.21. The van der Waals surface area contributed by atoms with E-state index in [9.17, 15) is 4.79 Å². The van der Waals surface area contributed by atoms with Gasteiger partial charge in [-0.2, -0.15) is 0 Å². The Morgan fingerprint density at radius 3 is 2.80 bits per heavy atom. The summed E-state index contributed by atoms with van der Waals surface area (Å²) in [6.07, 6.45) is 5.23. The lowest BCUT2D eigenvalue weighted by molar-refractivity contribution is -0.120. The van der Waals surface area contributed by atoms with Gasteiger partial charge in [-0.05, 0) is 25.0 Å². The SMILES string of the molecule is O=C1CCC(NCc2ccccn2)CC1. The van der Waals surface area contributed by atoms with Crippen LogP contribution in [0.4, 0.5) is 0 Å². The Bertz CT molecular complexity index is 314. The summed E-state index contributed by atoms with van der Waals surface area (Å²) in [7, 11) is 0. The maximum atomic E-state index is 11.0. The Morgan fingerprint density at radius 2 is 2.13 bits per heavy atom. The summed E-state index contributed by atoms with van der Waals surface area (Å²) in [5, 5.41) is 3.44. The van der Waals surface area contributed by atoms with E-state index >= 15 is 0 Å². The second-order valence-corrected chi connectivity index (χ2v) is 4.01. The van der Waals surface area contributed by atoms with E-state index < -0.39 is 0 Å². The lowest BCUT2D eigenvalue weighted by atomic mass is 9.94. The van der Waals surface area contributed by atoms with Gasteiger partial charge in [-0.15, -0.1) is 0 Å². The molecule has 0 spiro atoms. The average molecular weight is 204 g/mol. The summed E-state index contributed by atoms with van der Waals surface area (Å²) < 4.78 is 0. The number of nitrogens with zero attached hydrogens (tertiary/aromatic N) is 1. The fraction of sp³-hybridized carbons (Fsp3) is 0.500. The smallest absolute Gasteiger partial charge is 0.133 e. The average Bonchev–Trinajstić information content (AvgIpc) is 2.30. The number of hydrogen-bond acceptors (Lipinski definition) is 3. The van der Waals surface area contributed by atoms with Gasteiger partial charge in [-0.1, -0.05) is 6.07 Å². The number of pyridine rings is 1. The topological polar surface area (TPSA) is 42.0 Å². The maximum Gasteiger partial charge on any atom is 0.133 e. The van der Waals surface area contributed by atoms with Gasteiger partial charge in [0.25, 0.3) is 0 Å². The molecule has 1 saturated carbocycles. The fourth-order valence-corrected chi connectivity index (χ4v) is 1.90. The van der Waals surface area contributed by atoms with Crippen molar-refractivity contribution in [3.8, 4) is 0 Å². The molecule has 3 nitrogen and oxygen atoms in total.